The van der Waals surface area contributed by atoms with E-state index in [-0.39, 0.29) is 28.9 Å². The van der Waals surface area contributed by atoms with Crippen LogP contribution in [0.15, 0.2) is 66.5 Å². The monoisotopic (exact) mass is 568 g/mol. The molecule has 1 atom stereocenters. The van der Waals surface area contributed by atoms with Crippen LogP contribution >= 0.6 is 0 Å². The third kappa shape index (κ3) is 5.94. The van der Waals surface area contributed by atoms with Crippen LogP contribution in [0.4, 0.5) is 10.2 Å². The predicted octanol–water partition coefficient (Wildman–Crippen LogP) is 5.01. The molecule has 0 radical (unpaired) electrons. The molecule has 2 aromatic heterocycles. The molecule has 4 aromatic rings. The Bertz CT molecular complexity index is 1680. The predicted molar refractivity (Wildman–Crippen MR) is 158 cm³/mol. The number of carbonyl (C=O) groups is 1. The Kier molecular flexibility index (Phi) is 8.17. The number of anilines is 1. The molecule has 10 nitrogen and oxygen atoms in total. The van der Waals surface area contributed by atoms with Gasteiger partial charge in [-0.15, -0.1) is 0 Å². The van der Waals surface area contributed by atoms with Crippen LogP contribution in [0.25, 0.3) is 22.3 Å². The Hall–Kier alpha value is -4.82. The fourth-order valence-corrected chi connectivity index (χ4v) is 5.33. The van der Waals surface area contributed by atoms with Gasteiger partial charge in [-0.05, 0) is 63.6 Å². The Morgan fingerprint density at radius 2 is 2.02 bits per heavy atom. The molecule has 3 heterocycles. The second-order valence-electron chi connectivity index (χ2n) is 10.8. The molecule has 1 amide bonds. The number of benzene rings is 2. The SMILES string of the molecule is CCNC(C)(C)C=C(C#N)C(=O)N1CCC[C@H](n2nc(-c3ccc(Oc4ccccc4)cc3F)c3c(N)ncnc32)C1. The minimum atomic E-state index is -0.536. The summed E-state index contributed by atoms with van der Waals surface area (Å²) in [7, 11) is 0. The maximum absolute atomic E-state index is 15.5. The third-order valence-corrected chi connectivity index (χ3v) is 7.21. The number of fused-ring (bicyclic) bond motifs is 1. The van der Waals surface area contributed by atoms with Gasteiger partial charge < -0.3 is 20.7 Å². The van der Waals surface area contributed by atoms with Gasteiger partial charge in [0, 0.05) is 30.3 Å². The number of piperidine rings is 1. The first-order valence-corrected chi connectivity index (χ1v) is 13.9. The van der Waals surface area contributed by atoms with E-state index in [1.54, 1.807) is 39.9 Å². The fourth-order valence-electron chi connectivity index (χ4n) is 5.33. The standard InChI is InChI=1S/C31H33FN8O2/c1-4-37-31(2,3)16-20(17-33)30(41)39-14-8-9-21(18-39)40-29-26(28(34)35-19-36-29)27(38-40)24-13-12-23(15-25(24)32)42-22-10-6-5-7-11-22/h5-7,10-13,15-16,19,21,37H,4,8-9,14,18H2,1-3H3,(H2,34,35,36)/t21-/m0/s1. The number of hydrogen-bond acceptors (Lipinski definition) is 8. The number of likely N-dealkylation sites (tertiary alicyclic amines) is 1. The lowest BCUT2D eigenvalue weighted by molar-refractivity contribution is -0.128. The quantitative estimate of drug-likeness (QED) is 0.224. The lowest BCUT2D eigenvalue weighted by atomic mass is 9.99. The number of amides is 1. The van der Waals surface area contributed by atoms with Crippen LogP contribution in [0.1, 0.15) is 39.7 Å². The highest BCUT2D eigenvalue weighted by Crippen LogP contribution is 2.36. The molecule has 42 heavy (non-hydrogen) atoms. The number of nitrogens with one attached hydrogen (secondary N) is 1. The number of likely N-dealkylation sites (N-methyl/N-ethyl adjacent to an activating group) is 1. The van der Waals surface area contributed by atoms with Gasteiger partial charge in [-0.3, -0.25) is 4.79 Å². The van der Waals surface area contributed by atoms with Gasteiger partial charge in [0.15, 0.2) is 5.65 Å². The zero-order chi connectivity index (χ0) is 29.9. The molecule has 1 fully saturated rings. The maximum Gasteiger partial charge on any atom is 0.264 e. The van der Waals surface area contributed by atoms with Crippen LogP contribution < -0.4 is 15.8 Å². The second kappa shape index (κ2) is 12.0. The Labute approximate surface area is 243 Å². The molecule has 1 saturated heterocycles. The van der Waals surface area contributed by atoms with Crippen molar-refractivity contribution in [3.8, 4) is 28.8 Å². The van der Waals surface area contributed by atoms with E-state index in [9.17, 15) is 10.1 Å². The van der Waals surface area contributed by atoms with Crippen LogP contribution in [-0.2, 0) is 4.79 Å². The summed E-state index contributed by atoms with van der Waals surface area (Å²) in [6, 6.07) is 15.5. The number of halogens is 1. The largest absolute Gasteiger partial charge is 0.457 e. The number of para-hydroxylation sites is 1. The number of nitrogens with zero attached hydrogens (tertiary/aromatic N) is 6. The van der Waals surface area contributed by atoms with E-state index in [1.165, 1.54) is 12.4 Å². The van der Waals surface area contributed by atoms with Crippen molar-refractivity contribution in [3.05, 3.63) is 72.3 Å². The van der Waals surface area contributed by atoms with E-state index >= 15 is 4.39 Å². The molecule has 216 valence electrons. The van der Waals surface area contributed by atoms with Gasteiger partial charge in [0.05, 0.1) is 11.4 Å². The number of carbonyl (C=O) groups excluding carboxylic acids is 1. The minimum absolute atomic E-state index is 0.0825. The molecule has 0 bridgehead atoms. The van der Waals surface area contributed by atoms with Gasteiger partial charge in [-0.2, -0.15) is 10.4 Å². The maximum atomic E-state index is 15.5. The van der Waals surface area contributed by atoms with Crippen LogP contribution in [0.3, 0.4) is 0 Å². The smallest absolute Gasteiger partial charge is 0.264 e. The normalized spacial score (nSPS) is 15.9. The zero-order valence-corrected chi connectivity index (χ0v) is 23.8. The summed E-state index contributed by atoms with van der Waals surface area (Å²) < 4.78 is 23.0. The van der Waals surface area contributed by atoms with Gasteiger partial charge in [-0.25, -0.2) is 19.0 Å². The summed E-state index contributed by atoms with van der Waals surface area (Å²) in [5.41, 5.74) is 6.82. The molecule has 0 unspecified atom stereocenters. The van der Waals surface area contributed by atoms with Gasteiger partial charge in [0.2, 0.25) is 0 Å². The number of aromatic nitrogens is 4. The highest BCUT2D eigenvalue weighted by molar-refractivity contribution is 5.99. The fraction of sp³-hybridized carbons (Fsp3) is 0.323. The van der Waals surface area contributed by atoms with Crippen molar-refractivity contribution in [3.63, 3.8) is 0 Å². The number of ether oxygens (including phenoxy) is 1. The third-order valence-electron chi connectivity index (χ3n) is 7.21. The number of hydrogen-bond donors (Lipinski definition) is 2. The van der Waals surface area contributed by atoms with E-state index in [0.717, 1.165) is 0 Å². The van der Waals surface area contributed by atoms with Crippen molar-refractivity contribution < 1.29 is 13.9 Å². The van der Waals surface area contributed by atoms with Gasteiger partial charge in [0.25, 0.3) is 5.91 Å². The molecule has 11 heteroatoms. The summed E-state index contributed by atoms with van der Waals surface area (Å²) in [6.07, 6.45) is 4.43. The second-order valence-corrected chi connectivity index (χ2v) is 10.8. The number of nitrogens with two attached hydrogens (primary N) is 1. The van der Waals surface area contributed by atoms with Crippen molar-refractivity contribution in [2.75, 3.05) is 25.4 Å². The molecule has 1 aliphatic heterocycles. The molecule has 3 N–H and O–H groups in total. The van der Waals surface area contributed by atoms with Gasteiger partial charge >= 0.3 is 0 Å². The van der Waals surface area contributed by atoms with Gasteiger partial charge in [0.1, 0.15) is 46.8 Å². The van der Waals surface area contributed by atoms with Crippen molar-refractivity contribution >= 4 is 22.8 Å². The molecular weight excluding hydrogens is 535 g/mol. The lowest BCUT2D eigenvalue weighted by Gasteiger charge is -2.33. The van der Waals surface area contributed by atoms with E-state index in [4.69, 9.17) is 15.6 Å². The number of nitriles is 1. The van der Waals surface area contributed by atoms with E-state index in [1.807, 2.05) is 39.0 Å². The summed E-state index contributed by atoms with van der Waals surface area (Å²) in [6.45, 7) is 7.33. The van der Waals surface area contributed by atoms with Crippen LogP contribution in [0.2, 0.25) is 0 Å². The van der Waals surface area contributed by atoms with E-state index in [0.29, 0.717) is 60.7 Å². The van der Waals surface area contributed by atoms with Crippen molar-refractivity contribution in [1.29, 1.82) is 5.26 Å². The van der Waals surface area contributed by atoms with Crippen LogP contribution in [0, 0.1) is 17.1 Å². The van der Waals surface area contributed by atoms with Crippen molar-refractivity contribution in [2.24, 2.45) is 0 Å². The summed E-state index contributed by atoms with van der Waals surface area (Å²) in [4.78, 5) is 23.7. The van der Waals surface area contributed by atoms with E-state index < -0.39 is 11.4 Å². The highest BCUT2D eigenvalue weighted by atomic mass is 19.1. The molecule has 1 aliphatic rings. The zero-order valence-electron chi connectivity index (χ0n) is 23.8. The summed E-state index contributed by atoms with van der Waals surface area (Å²) in [5.74, 6) is 0.239. The topological polar surface area (TPSA) is 135 Å². The Balaban J connectivity index is 1.47. The Morgan fingerprint density at radius 1 is 1.24 bits per heavy atom. The first kappa shape index (κ1) is 28.7. The average molecular weight is 569 g/mol. The average Bonchev–Trinajstić information content (AvgIpc) is 3.37. The first-order chi connectivity index (χ1) is 20.2. The van der Waals surface area contributed by atoms with Crippen molar-refractivity contribution in [1.82, 2.24) is 30.0 Å². The molecule has 5 rings (SSSR count). The molecule has 0 saturated carbocycles. The lowest BCUT2D eigenvalue weighted by Crippen LogP contribution is -2.43. The summed E-state index contributed by atoms with van der Waals surface area (Å²) in [5, 5.41) is 18.3. The number of nitrogen functional groups attached to an aromatic ring is 1. The molecular formula is C31H33FN8O2. The minimum Gasteiger partial charge on any atom is -0.457 e. The van der Waals surface area contributed by atoms with Crippen molar-refractivity contribution in [2.45, 2.75) is 45.2 Å². The van der Waals surface area contributed by atoms with Crippen LogP contribution in [0.5, 0.6) is 11.5 Å². The van der Waals surface area contributed by atoms with E-state index in [2.05, 4.69) is 21.4 Å². The summed E-state index contributed by atoms with van der Waals surface area (Å²) >= 11 is 0. The van der Waals surface area contributed by atoms with Crippen LogP contribution in [-0.4, -0.2) is 55.7 Å². The first-order valence-electron chi connectivity index (χ1n) is 13.9. The van der Waals surface area contributed by atoms with Gasteiger partial charge in [-0.1, -0.05) is 25.1 Å². The molecule has 2 aromatic carbocycles. The number of rotatable bonds is 8. The molecule has 0 aliphatic carbocycles. The highest BCUT2D eigenvalue weighted by Gasteiger charge is 2.31. The Morgan fingerprint density at radius 3 is 2.74 bits per heavy atom. The molecule has 0 spiro atoms.